The largest absolute Gasteiger partial charge is 0.418 e. The van der Waals surface area contributed by atoms with Crippen LogP contribution in [0.5, 0.6) is 0 Å². The maximum atomic E-state index is 13.2. The van der Waals surface area contributed by atoms with Crippen LogP contribution in [0.15, 0.2) is 48.5 Å². The van der Waals surface area contributed by atoms with Gasteiger partial charge in [-0.2, -0.15) is 13.2 Å². The third kappa shape index (κ3) is 3.91. The van der Waals surface area contributed by atoms with Gasteiger partial charge in [0.25, 0.3) is 0 Å². The van der Waals surface area contributed by atoms with Crippen LogP contribution in [0.25, 0.3) is 0 Å². The highest BCUT2D eigenvalue weighted by Crippen LogP contribution is 2.37. The van der Waals surface area contributed by atoms with Crippen LogP contribution in [-0.2, 0) is 18.6 Å². The van der Waals surface area contributed by atoms with Crippen LogP contribution < -0.4 is 4.90 Å². The average molecular weight is 314 g/mol. The Morgan fingerprint density at radius 2 is 1.67 bits per heavy atom. The van der Waals surface area contributed by atoms with Crippen molar-refractivity contribution in [1.82, 2.24) is 0 Å². The Morgan fingerprint density at radius 1 is 1.00 bits per heavy atom. The normalized spacial score (nSPS) is 11.5. The average Bonchev–Trinajstić information content (AvgIpc) is 2.46. The quantitative estimate of drug-likeness (QED) is 0.711. The molecule has 0 aromatic heterocycles. The number of benzene rings is 2. The second-order valence-electron chi connectivity index (χ2n) is 4.82. The molecule has 0 radical (unpaired) electrons. The van der Waals surface area contributed by atoms with Crippen molar-refractivity contribution >= 4 is 17.3 Å². The summed E-state index contributed by atoms with van der Waals surface area (Å²) < 4.78 is 39.6. The van der Waals surface area contributed by atoms with E-state index in [1.54, 1.807) is 18.0 Å². The van der Waals surface area contributed by atoms with Crippen LogP contribution in [0.1, 0.15) is 16.7 Å². The summed E-state index contributed by atoms with van der Waals surface area (Å²) in [5, 5.41) is 0. The lowest BCUT2D eigenvalue weighted by atomic mass is 10.1. The molecule has 0 aliphatic heterocycles. The second-order valence-corrected chi connectivity index (χ2v) is 5.09. The van der Waals surface area contributed by atoms with Gasteiger partial charge in [0.1, 0.15) is 0 Å². The lowest BCUT2D eigenvalue weighted by Crippen LogP contribution is -2.21. The predicted octanol–water partition coefficient (Wildman–Crippen LogP) is 5.08. The van der Waals surface area contributed by atoms with Crippen molar-refractivity contribution in [3.8, 4) is 0 Å². The summed E-state index contributed by atoms with van der Waals surface area (Å²) in [5.74, 6) is 0.0613. The minimum atomic E-state index is -4.40. The summed E-state index contributed by atoms with van der Waals surface area (Å²) in [6.07, 6.45) is -4.40. The zero-order chi connectivity index (χ0) is 15.5. The van der Waals surface area contributed by atoms with Crippen molar-refractivity contribution in [2.75, 3.05) is 11.9 Å². The van der Waals surface area contributed by atoms with Gasteiger partial charge in [-0.1, -0.05) is 36.4 Å². The van der Waals surface area contributed by atoms with E-state index in [1.807, 2.05) is 30.3 Å². The van der Waals surface area contributed by atoms with Gasteiger partial charge in [-0.05, 0) is 23.3 Å². The van der Waals surface area contributed by atoms with Crippen molar-refractivity contribution in [3.63, 3.8) is 0 Å². The molecule has 112 valence electrons. The summed E-state index contributed by atoms with van der Waals surface area (Å²) in [5.41, 5.74) is 0.912. The standard InChI is InChI=1S/C16H15ClF3N/c1-21(11-12-5-3-2-4-6-12)15-8-7-13(10-17)9-14(15)16(18,19)20/h2-9H,10-11H2,1H3. The summed E-state index contributed by atoms with van der Waals surface area (Å²) >= 11 is 5.63. The first-order chi connectivity index (χ1) is 9.91. The Balaban J connectivity index is 2.34. The topological polar surface area (TPSA) is 3.24 Å². The highest BCUT2D eigenvalue weighted by atomic mass is 35.5. The van der Waals surface area contributed by atoms with Crippen LogP contribution in [0, 0.1) is 0 Å². The first-order valence-electron chi connectivity index (χ1n) is 6.43. The van der Waals surface area contributed by atoms with E-state index in [0.29, 0.717) is 12.1 Å². The van der Waals surface area contributed by atoms with Crippen LogP contribution in [0.2, 0.25) is 0 Å². The molecule has 21 heavy (non-hydrogen) atoms. The van der Waals surface area contributed by atoms with Gasteiger partial charge < -0.3 is 4.90 Å². The Hall–Kier alpha value is -1.68. The molecule has 0 unspecified atom stereocenters. The Bertz CT molecular complexity index is 596. The molecule has 1 nitrogen and oxygen atoms in total. The minimum absolute atomic E-state index is 0.0613. The molecule has 0 amide bonds. The van der Waals surface area contributed by atoms with Crippen molar-refractivity contribution < 1.29 is 13.2 Å². The molecule has 0 N–H and O–H groups in total. The maximum Gasteiger partial charge on any atom is 0.418 e. The van der Waals surface area contributed by atoms with Crippen LogP contribution in [0.4, 0.5) is 18.9 Å². The monoisotopic (exact) mass is 313 g/mol. The van der Waals surface area contributed by atoms with Crippen molar-refractivity contribution in [3.05, 3.63) is 65.2 Å². The second kappa shape index (κ2) is 6.39. The molecular weight excluding hydrogens is 299 g/mol. The summed E-state index contributed by atoms with van der Waals surface area (Å²) in [6.45, 7) is 0.407. The highest BCUT2D eigenvalue weighted by Gasteiger charge is 2.34. The highest BCUT2D eigenvalue weighted by molar-refractivity contribution is 6.17. The van der Waals surface area contributed by atoms with Gasteiger partial charge in [0.15, 0.2) is 0 Å². The molecule has 2 aromatic rings. The minimum Gasteiger partial charge on any atom is -0.370 e. The molecule has 5 heteroatoms. The molecule has 0 spiro atoms. The Labute approximate surface area is 127 Å². The van der Waals surface area contributed by atoms with Crippen LogP contribution >= 0.6 is 11.6 Å². The molecule has 0 atom stereocenters. The molecule has 0 aliphatic rings. The van der Waals surface area contributed by atoms with Gasteiger partial charge in [-0.3, -0.25) is 0 Å². The molecule has 2 aromatic carbocycles. The Morgan fingerprint density at radius 3 is 2.24 bits per heavy atom. The van der Waals surface area contributed by atoms with Crippen molar-refractivity contribution in [1.29, 1.82) is 0 Å². The van der Waals surface area contributed by atoms with Crippen LogP contribution in [0.3, 0.4) is 0 Å². The lowest BCUT2D eigenvalue weighted by molar-refractivity contribution is -0.137. The van der Waals surface area contributed by atoms with Gasteiger partial charge in [0, 0.05) is 25.2 Å². The van der Waals surface area contributed by atoms with E-state index < -0.39 is 11.7 Å². The fraction of sp³-hybridized carbons (Fsp3) is 0.250. The molecule has 0 saturated heterocycles. The van der Waals surface area contributed by atoms with Gasteiger partial charge in [-0.25, -0.2) is 0 Å². The third-order valence-electron chi connectivity index (χ3n) is 3.19. The number of hydrogen-bond acceptors (Lipinski definition) is 1. The van der Waals surface area contributed by atoms with E-state index >= 15 is 0 Å². The predicted molar refractivity (Wildman–Crippen MR) is 79.6 cm³/mol. The van der Waals surface area contributed by atoms with E-state index in [9.17, 15) is 13.2 Å². The molecule has 0 bridgehead atoms. The molecule has 0 fully saturated rings. The van der Waals surface area contributed by atoms with E-state index in [4.69, 9.17) is 11.6 Å². The zero-order valence-electron chi connectivity index (χ0n) is 11.5. The van der Waals surface area contributed by atoms with E-state index in [0.717, 1.165) is 11.6 Å². The fourth-order valence-electron chi connectivity index (χ4n) is 2.17. The van der Waals surface area contributed by atoms with Gasteiger partial charge >= 0.3 is 6.18 Å². The molecule has 0 heterocycles. The van der Waals surface area contributed by atoms with Gasteiger partial charge in [0.2, 0.25) is 0 Å². The number of nitrogens with zero attached hydrogens (tertiary/aromatic N) is 1. The number of anilines is 1. The number of hydrogen-bond donors (Lipinski definition) is 0. The van der Waals surface area contributed by atoms with E-state index in [-0.39, 0.29) is 11.6 Å². The smallest absolute Gasteiger partial charge is 0.370 e. The summed E-state index contributed by atoms with van der Waals surface area (Å²) in [4.78, 5) is 1.59. The lowest BCUT2D eigenvalue weighted by Gasteiger charge is -2.24. The summed E-state index contributed by atoms with van der Waals surface area (Å²) in [7, 11) is 1.65. The molecular formula is C16H15ClF3N. The maximum absolute atomic E-state index is 13.2. The van der Waals surface area contributed by atoms with E-state index in [2.05, 4.69) is 0 Å². The van der Waals surface area contributed by atoms with Crippen molar-refractivity contribution in [2.45, 2.75) is 18.6 Å². The Kier molecular flexibility index (Phi) is 4.78. The number of alkyl halides is 4. The SMILES string of the molecule is CN(Cc1ccccc1)c1ccc(CCl)cc1C(F)(F)F. The summed E-state index contributed by atoms with van der Waals surface area (Å²) in [6, 6.07) is 13.6. The molecule has 0 aliphatic carbocycles. The molecule has 0 saturated carbocycles. The van der Waals surface area contributed by atoms with Gasteiger partial charge in [-0.15, -0.1) is 11.6 Å². The zero-order valence-corrected chi connectivity index (χ0v) is 12.2. The fourth-order valence-corrected chi connectivity index (χ4v) is 2.33. The number of rotatable bonds is 4. The third-order valence-corrected chi connectivity index (χ3v) is 3.50. The molecule has 2 rings (SSSR count). The van der Waals surface area contributed by atoms with Crippen LogP contribution in [-0.4, -0.2) is 7.05 Å². The first-order valence-corrected chi connectivity index (χ1v) is 6.96. The number of halogens is 4. The van der Waals surface area contributed by atoms with Crippen molar-refractivity contribution in [2.24, 2.45) is 0 Å². The van der Waals surface area contributed by atoms with Gasteiger partial charge in [0.05, 0.1) is 5.56 Å². The first kappa shape index (κ1) is 15.7. The van der Waals surface area contributed by atoms with E-state index in [1.165, 1.54) is 6.07 Å².